The fourth-order valence-electron chi connectivity index (χ4n) is 3.27. The van der Waals surface area contributed by atoms with Gasteiger partial charge >= 0.3 is 5.97 Å². The number of anilines is 1. The highest BCUT2D eigenvalue weighted by Gasteiger charge is 2.11. The zero-order chi connectivity index (χ0) is 18.1. The van der Waals surface area contributed by atoms with Crippen molar-refractivity contribution in [1.29, 1.82) is 0 Å². The van der Waals surface area contributed by atoms with Crippen LogP contribution in [0.15, 0.2) is 84.9 Å². The van der Waals surface area contributed by atoms with Gasteiger partial charge in [-0.3, -0.25) is 0 Å². The number of nitrogens with two attached hydrogens (primary N) is 1. The Hall–Kier alpha value is -3.59. The predicted molar refractivity (Wildman–Crippen MR) is 106 cm³/mol. The van der Waals surface area contributed by atoms with Gasteiger partial charge in [-0.2, -0.15) is 0 Å². The van der Waals surface area contributed by atoms with Crippen LogP contribution in [0.2, 0.25) is 0 Å². The van der Waals surface area contributed by atoms with Crippen LogP contribution in [0.5, 0.6) is 0 Å². The highest BCUT2D eigenvalue weighted by Crippen LogP contribution is 2.34. The third-order valence-corrected chi connectivity index (χ3v) is 4.56. The Morgan fingerprint density at radius 3 is 2.04 bits per heavy atom. The number of carboxylic acid groups (broad SMARTS) is 1. The fourth-order valence-corrected chi connectivity index (χ4v) is 3.27. The Bertz CT molecular complexity index is 1120. The summed E-state index contributed by atoms with van der Waals surface area (Å²) in [7, 11) is 0. The van der Waals surface area contributed by atoms with E-state index in [0.29, 0.717) is 0 Å². The molecule has 26 heavy (non-hydrogen) atoms. The van der Waals surface area contributed by atoms with E-state index >= 15 is 0 Å². The minimum Gasteiger partial charge on any atom is -0.478 e. The van der Waals surface area contributed by atoms with Gasteiger partial charge in [-0.15, -0.1) is 0 Å². The van der Waals surface area contributed by atoms with Gasteiger partial charge in [0.15, 0.2) is 0 Å². The van der Waals surface area contributed by atoms with Crippen molar-refractivity contribution in [3.8, 4) is 22.3 Å². The highest BCUT2D eigenvalue weighted by atomic mass is 16.4. The van der Waals surface area contributed by atoms with Crippen LogP contribution in [-0.4, -0.2) is 11.1 Å². The lowest BCUT2D eigenvalue weighted by Crippen LogP contribution is -2.02. The molecule has 0 atom stereocenters. The van der Waals surface area contributed by atoms with Crippen molar-refractivity contribution in [3.05, 3.63) is 90.5 Å². The maximum atomic E-state index is 11.4. The van der Waals surface area contributed by atoms with Gasteiger partial charge in [-0.05, 0) is 51.2 Å². The lowest BCUT2D eigenvalue weighted by molar-refractivity contribution is 0.0698. The van der Waals surface area contributed by atoms with Gasteiger partial charge in [0.25, 0.3) is 0 Å². The summed E-state index contributed by atoms with van der Waals surface area (Å²) in [4.78, 5) is 11.4. The quantitative estimate of drug-likeness (QED) is 0.488. The molecule has 3 heteroatoms. The standard InChI is InChI=1S/C23H17NO2/c24-22-14-16-10-11-17(12-18(16)13-21(22)23(25)26)20-9-5-4-8-19(20)15-6-2-1-3-7-15/h1-14H,24H2,(H,25,26). The largest absolute Gasteiger partial charge is 0.478 e. The Balaban J connectivity index is 1.91. The molecule has 0 unspecified atom stereocenters. The molecule has 4 rings (SSSR count). The van der Waals surface area contributed by atoms with Gasteiger partial charge in [0.1, 0.15) is 0 Å². The van der Waals surface area contributed by atoms with Crippen LogP contribution in [0.1, 0.15) is 10.4 Å². The molecule has 0 aliphatic rings. The lowest BCUT2D eigenvalue weighted by Gasteiger charge is -2.12. The predicted octanol–water partition coefficient (Wildman–Crippen LogP) is 5.45. The van der Waals surface area contributed by atoms with E-state index in [-0.39, 0.29) is 11.3 Å². The van der Waals surface area contributed by atoms with Crippen molar-refractivity contribution < 1.29 is 9.90 Å². The van der Waals surface area contributed by atoms with Crippen LogP contribution in [0.25, 0.3) is 33.0 Å². The number of nitrogen functional groups attached to an aromatic ring is 1. The van der Waals surface area contributed by atoms with E-state index in [1.54, 1.807) is 12.1 Å². The Kier molecular flexibility index (Phi) is 3.90. The van der Waals surface area contributed by atoms with Crippen LogP contribution >= 0.6 is 0 Å². The van der Waals surface area contributed by atoms with Crippen LogP contribution < -0.4 is 5.73 Å². The second-order valence-electron chi connectivity index (χ2n) is 6.22. The fraction of sp³-hybridized carbons (Fsp3) is 0. The molecule has 0 heterocycles. The summed E-state index contributed by atoms with van der Waals surface area (Å²) in [5.41, 5.74) is 10.7. The molecule has 4 aromatic rings. The topological polar surface area (TPSA) is 63.3 Å². The summed E-state index contributed by atoms with van der Waals surface area (Å²) in [6.45, 7) is 0. The molecular formula is C23H17NO2. The Morgan fingerprint density at radius 1 is 0.692 bits per heavy atom. The first-order valence-corrected chi connectivity index (χ1v) is 8.35. The Morgan fingerprint density at radius 2 is 1.35 bits per heavy atom. The van der Waals surface area contributed by atoms with Gasteiger partial charge in [-0.25, -0.2) is 4.79 Å². The summed E-state index contributed by atoms with van der Waals surface area (Å²) < 4.78 is 0. The van der Waals surface area contributed by atoms with Gasteiger partial charge in [-0.1, -0.05) is 66.7 Å². The van der Waals surface area contributed by atoms with Gasteiger partial charge in [0, 0.05) is 5.69 Å². The molecule has 0 saturated heterocycles. The van der Waals surface area contributed by atoms with E-state index in [4.69, 9.17) is 5.73 Å². The third-order valence-electron chi connectivity index (χ3n) is 4.56. The summed E-state index contributed by atoms with van der Waals surface area (Å²) in [6, 6.07) is 27.8. The summed E-state index contributed by atoms with van der Waals surface area (Å²) in [5, 5.41) is 11.1. The molecule has 4 aromatic carbocycles. The van der Waals surface area contributed by atoms with Crippen molar-refractivity contribution in [2.24, 2.45) is 0 Å². The molecule has 0 aliphatic heterocycles. The van der Waals surface area contributed by atoms with E-state index in [1.807, 2.05) is 48.5 Å². The van der Waals surface area contributed by atoms with E-state index in [0.717, 1.165) is 33.0 Å². The number of hydrogen-bond donors (Lipinski definition) is 2. The molecule has 126 valence electrons. The smallest absolute Gasteiger partial charge is 0.337 e. The maximum Gasteiger partial charge on any atom is 0.337 e. The van der Waals surface area contributed by atoms with E-state index < -0.39 is 5.97 Å². The van der Waals surface area contributed by atoms with Crippen molar-refractivity contribution in [1.82, 2.24) is 0 Å². The molecule has 0 spiro atoms. The summed E-state index contributed by atoms with van der Waals surface area (Å²) in [5.74, 6) is -1.01. The molecule has 0 aromatic heterocycles. The number of fused-ring (bicyclic) bond motifs is 1. The van der Waals surface area contributed by atoms with E-state index in [9.17, 15) is 9.90 Å². The number of carbonyl (C=O) groups is 1. The molecular weight excluding hydrogens is 322 g/mol. The average Bonchev–Trinajstić information content (AvgIpc) is 2.67. The van der Waals surface area contributed by atoms with Crippen molar-refractivity contribution in [2.45, 2.75) is 0 Å². The minimum absolute atomic E-state index is 0.131. The van der Waals surface area contributed by atoms with Crippen LogP contribution in [0, 0.1) is 0 Å². The highest BCUT2D eigenvalue weighted by molar-refractivity contribution is 6.01. The average molecular weight is 339 g/mol. The van der Waals surface area contributed by atoms with Gasteiger partial charge in [0.2, 0.25) is 0 Å². The van der Waals surface area contributed by atoms with Crippen molar-refractivity contribution in [3.63, 3.8) is 0 Å². The zero-order valence-corrected chi connectivity index (χ0v) is 14.0. The number of aromatic carboxylic acids is 1. The van der Waals surface area contributed by atoms with E-state index in [1.165, 1.54) is 0 Å². The molecule has 0 radical (unpaired) electrons. The number of benzene rings is 4. The first kappa shape index (κ1) is 15.9. The van der Waals surface area contributed by atoms with Crippen LogP contribution in [0.3, 0.4) is 0 Å². The zero-order valence-electron chi connectivity index (χ0n) is 14.0. The third kappa shape index (κ3) is 2.80. The van der Waals surface area contributed by atoms with Crippen LogP contribution in [-0.2, 0) is 0 Å². The molecule has 0 aliphatic carbocycles. The van der Waals surface area contributed by atoms with Crippen molar-refractivity contribution >= 4 is 22.4 Å². The maximum absolute atomic E-state index is 11.4. The monoisotopic (exact) mass is 339 g/mol. The molecule has 0 amide bonds. The molecule has 0 bridgehead atoms. The molecule has 3 N–H and O–H groups in total. The van der Waals surface area contributed by atoms with E-state index in [2.05, 4.69) is 24.3 Å². The summed E-state index contributed by atoms with van der Waals surface area (Å²) >= 11 is 0. The summed E-state index contributed by atoms with van der Waals surface area (Å²) in [6.07, 6.45) is 0. The normalized spacial score (nSPS) is 10.8. The SMILES string of the molecule is Nc1cc2ccc(-c3ccccc3-c3ccccc3)cc2cc1C(=O)O. The first-order chi connectivity index (χ1) is 12.6. The van der Waals surface area contributed by atoms with Crippen LogP contribution in [0.4, 0.5) is 5.69 Å². The number of carboxylic acids is 1. The number of hydrogen-bond acceptors (Lipinski definition) is 2. The molecule has 0 fully saturated rings. The molecule has 3 nitrogen and oxygen atoms in total. The lowest BCUT2D eigenvalue weighted by atomic mass is 9.93. The van der Waals surface area contributed by atoms with Gasteiger partial charge in [0.05, 0.1) is 5.56 Å². The second kappa shape index (κ2) is 6.37. The number of rotatable bonds is 3. The minimum atomic E-state index is -1.01. The van der Waals surface area contributed by atoms with Crippen molar-refractivity contribution in [2.75, 3.05) is 5.73 Å². The second-order valence-corrected chi connectivity index (χ2v) is 6.22. The first-order valence-electron chi connectivity index (χ1n) is 8.35. The molecule has 0 saturated carbocycles. The Labute approximate surface area is 151 Å². The van der Waals surface area contributed by atoms with Gasteiger partial charge < -0.3 is 10.8 Å².